The molecule has 1 aromatic carbocycles. The van der Waals surface area contributed by atoms with E-state index in [1.165, 1.54) is 6.07 Å². The van der Waals surface area contributed by atoms with Gasteiger partial charge in [-0.3, -0.25) is 10.1 Å². The van der Waals surface area contributed by atoms with Crippen LogP contribution in [-0.4, -0.2) is 11.0 Å². The standard InChI is InChI=1S/C11H13ClN2O2/c1-11(2)6-9(11)13-10-7(12)4-3-5-8(10)14(15)16/h3-5,9,13H,6H2,1-2H3. The second kappa shape index (κ2) is 3.63. The Morgan fingerprint density at radius 1 is 1.56 bits per heavy atom. The van der Waals surface area contributed by atoms with E-state index in [-0.39, 0.29) is 17.1 Å². The van der Waals surface area contributed by atoms with Crippen LogP contribution in [0.2, 0.25) is 5.02 Å². The van der Waals surface area contributed by atoms with E-state index in [2.05, 4.69) is 19.2 Å². The predicted octanol–water partition coefficient (Wildman–Crippen LogP) is 3.46. The summed E-state index contributed by atoms with van der Waals surface area (Å²) < 4.78 is 0. The molecule has 0 spiro atoms. The molecule has 1 unspecified atom stereocenters. The lowest BCUT2D eigenvalue weighted by Gasteiger charge is -2.10. The average Bonchev–Trinajstić information content (AvgIpc) is 2.77. The fourth-order valence-corrected chi connectivity index (χ4v) is 1.92. The van der Waals surface area contributed by atoms with Crippen LogP contribution in [0.3, 0.4) is 0 Å². The molecule has 1 N–H and O–H groups in total. The van der Waals surface area contributed by atoms with Crippen molar-refractivity contribution < 1.29 is 4.92 Å². The van der Waals surface area contributed by atoms with Gasteiger partial charge >= 0.3 is 0 Å². The summed E-state index contributed by atoms with van der Waals surface area (Å²) in [6, 6.07) is 4.98. The number of rotatable bonds is 3. The summed E-state index contributed by atoms with van der Waals surface area (Å²) >= 11 is 5.97. The number of anilines is 1. The monoisotopic (exact) mass is 240 g/mol. The Hall–Kier alpha value is -1.29. The van der Waals surface area contributed by atoms with Gasteiger partial charge < -0.3 is 5.32 Å². The number of nitro benzene ring substituents is 1. The molecule has 4 nitrogen and oxygen atoms in total. The van der Waals surface area contributed by atoms with Crippen molar-refractivity contribution in [3.63, 3.8) is 0 Å². The van der Waals surface area contributed by atoms with Gasteiger partial charge in [0.05, 0.1) is 9.95 Å². The summed E-state index contributed by atoms with van der Waals surface area (Å²) in [4.78, 5) is 10.4. The van der Waals surface area contributed by atoms with E-state index in [1.54, 1.807) is 12.1 Å². The molecule has 5 heteroatoms. The van der Waals surface area contributed by atoms with Gasteiger partial charge in [-0.1, -0.05) is 31.5 Å². The van der Waals surface area contributed by atoms with Gasteiger partial charge in [-0.25, -0.2) is 0 Å². The van der Waals surface area contributed by atoms with Crippen molar-refractivity contribution in [3.8, 4) is 0 Å². The van der Waals surface area contributed by atoms with E-state index < -0.39 is 4.92 Å². The molecular weight excluding hydrogens is 228 g/mol. The molecular formula is C11H13ClN2O2. The molecule has 0 radical (unpaired) electrons. The number of hydrogen-bond acceptors (Lipinski definition) is 3. The number of halogens is 1. The van der Waals surface area contributed by atoms with E-state index in [0.717, 1.165) is 6.42 Å². The first-order valence-electron chi connectivity index (χ1n) is 5.11. The summed E-state index contributed by atoms with van der Waals surface area (Å²) in [6.07, 6.45) is 1.01. The van der Waals surface area contributed by atoms with Crippen molar-refractivity contribution in [3.05, 3.63) is 33.3 Å². The molecule has 2 rings (SSSR count). The van der Waals surface area contributed by atoms with Crippen LogP contribution in [0, 0.1) is 15.5 Å². The fourth-order valence-electron chi connectivity index (χ4n) is 1.70. The van der Waals surface area contributed by atoms with Crippen LogP contribution in [0.25, 0.3) is 0 Å². The highest BCUT2D eigenvalue weighted by molar-refractivity contribution is 6.33. The van der Waals surface area contributed by atoms with Crippen molar-refractivity contribution in [2.45, 2.75) is 26.3 Å². The highest BCUT2D eigenvalue weighted by Gasteiger charge is 2.46. The van der Waals surface area contributed by atoms with Gasteiger partial charge in [0, 0.05) is 12.1 Å². The van der Waals surface area contributed by atoms with E-state index in [4.69, 9.17) is 11.6 Å². The topological polar surface area (TPSA) is 55.2 Å². The van der Waals surface area contributed by atoms with Gasteiger partial charge in [0.15, 0.2) is 0 Å². The quantitative estimate of drug-likeness (QED) is 0.650. The number of nitrogens with zero attached hydrogens (tertiary/aromatic N) is 1. The van der Waals surface area contributed by atoms with E-state index >= 15 is 0 Å². The minimum absolute atomic E-state index is 0.0372. The highest BCUT2D eigenvalue weighted by Crippen LogP contribution is 2.48. The van der Waals surface area contributed by atoms with Crippen molar-refractivity contribution >= 4 is 23.0 Å². The second-order valence-electron chi connectivity index (χ2n) is 4.78. The lowest BCUT2D eigenvalue weighted by molar-refractivity contribution is -0.384. The van der Waals surface area contributed by atoms with Crippen LogP contribution in [0.5, 0.6) is 0 Å². The zero-order chi connectivity index (χ0) is 11.9. The predicted molar refractivity (Wildman–Crippen MR) is 63.9 cm³/mol. The normalized spacial score (nSPS) is 21.6. The first-order chi connectivity index (χ1) is 7.42. The molecule has 1 saturated carbocycles. The van der Waals surface area contributed by atoms with Crippen molar-refractivity contribution in [2.24, 2.45) is 5.41 Å². The zero-order valence-corrected chi connectivity index (χ0v) is 9.91. The van der Waals surface area contributed by atoms with Crippen LogP contribution < -0.4 is 5.32 Å². The molecule has 1 fully saturated rings. The molecule has 0 saturated heterocycles. The van der Waals surface area contributed by atoms with E-state index in [9.17, 15) is 10.1 Å². The third-order valence-electron chi connectivity index (χ3n) is 3.02. The summed E-state index contributed by atoms with van der Waals surface area (Å²) in [5.41, 5.74) is 0.674. The SMILES string of the molecule is CC1(C)CC1Nc1c(Cl)cccc1[N+](=O)[O-]. The molecule has 0 aliphatic heterocycles. The Morgan fingerprint density at radius 2 is 2.19 bits per heavy atom. The largest absolute Gasteiger partial charge is 0.375 e. The Balaban J connectivity index is 2.29. The van der Waals surface area contributed by atoms with Crippen LogP contribution >= 0.6 is 11.6 Å². The molecule has 1 aromatic rings. The maximum Gasteiger partial charge on any atom is 0.293 e. The number of nitro groups is 1. The molecule has 0 bridgehead atoms. The summed E-state index contributed by atoms with van der Waals surface area (Å²) in [5.74, 6) is 0. The molecule has 0 amide bonds. The van der Waals surface area contributed by atoms with Gasteiger partial charge in [-0.2, -0.15) is 0 Å². The summed E-state index contributed by atoms with van der Waals surface area (Å²) in [6.45, 7) is 4.24. The van der Waals surface area contributed by atoms with Crippen molar-refractivity contribution in [2.75, 3.05) is 5.32 Å². The number of nitrogens with one attached hydrogen (secondary N) is 1. The fraction of sp³-hybridized carbons (Fsp3) is 0.455. The smallest absolute Gasteiger partial charge is 0.293 e. The molecule has 1 aliphatic rings. The minimum Gasteiger partial charge on any atom is -0.375 e. The van der Waals surface area contributed by atoms with Crippen molar-refractivity contribution in [1.29, 1.82) is 0 Å². The van der Waals surface area contributed by atoms with Gasteiger partial charge in [0.2, 0.25) is 0 Å². The highest BCUT2D eigenvalue weighted by atomic mass is 35.5. The lowest BCUT2D eigenvalue weighted by atomic mass is 10.2. The Kier molecular flexibility index (Phi) is 2.54. The minimum atomic E-state index is -0.413. The maximum absolute atomic E-state index is 10.8. The van der Waals surface area contributed by atoms with E-state index in [1.807, 2.05) is 0 Å². The molecule has 0 heterocycles. The molecule has 1 atom stereocenters. The van der Waals surface area contributed by atoms with Crippen LogP contribution in [-0.2, 0) is 0 Å². The van der Waals surface area contributed by atoms with Crippen LogP contribution in [0.1, 0.15) is 20.3 Å². The lowest BCUT2D eigenvalue weighted by Crippen LogP contribution is -2.10. The number of benzene rings is 1. The Labute approximate surface area is 98.8 Å². The number of hydrogen-bond donors (Lipinski definition) is 1. The van der Waals surface area contributed by atoms with Gasteiger partial charge in [0.1, 0.15) is 5.69 Å². The molecule has 0 aromatic heterocycles. The Bertz CT molecular complexity index is 446. The van der Waals surface area contributed by atoms with Gasteiger partial charge in [0.25, 0.3) is 5.69 Å². The van der Waals surface area contributed by atoms with Crippen LogP contribution in [0.4, 0.5) is 11.4 Å². The average molecular weight is 241 g/mol. The Morgan fingerprint density at radius 3 is 2.69 bits per heavy atom. The third kappa shape index (κ3) is 1.97. The van der Waals surface area contributed by atoms with Gasteiger partial charge in [-0.15, -0.1) is 0 Å². The van der Waals surface area contributed by atoms with E-state index in [0.29, 0.717) is 10.7 Å². The summed E-state index contributed by atoms with van der Waals surface area (Å²) in [5, 5.41) is 14.4. The second-order valence-corrected chi connectivity index (χ2v) is 5.19. The maximum atomic E-state index is 10.8. The third-order valence-corrected chi connectivity index (χ3v) is 3.34. The molecule has 16 heavy (non-hydrogen) atoms. The molecule has 1 aliphatic carbocycles. The first-order valence-corrected chi connectivity index (χ1v) is 5.49. The van der Waals surface area contributed by atoms with Crippen molar-refractivity contribution in [1.82, 2.24) is 0 Å². The first kappa shape index (κ1) is 11.2. The van der Waals surface area contributed by atoms with Gasteiger partial charge in [-0.05, 0) is 17.9 Å². The summed E-state index contributed by atoms with van der Waals surface area (Å²) in [7, 11) is 0. The zero-order valence-electron chi connectivity index (χ0n) is 9.16. The van der Waals surface area contributed by atoms with Crippen LogP contribution in [0.15, 0.2) is 18.2 Å². The number of para-hydroxylation sites is 1. The molecule has 86 valence electrons.